The summed E-state index contributed by atoms with van der Waals surface area (Å²) in [5.74, 6) is 2.82. The number of hydrogen-bond donors (Lipinski definition) is 3. The molecular formula is C19H25N7. The van der Waals surface area contributed by atoms with Crippen LogP contribution in [0.5, 0.6) is 0 Å². The summed E-state index contributed by atoms with van der Waals surface area (Å²) in [5.41, 5.74) is 1.68. The fourth-order valence-corrected chi connectivity index (χ4v) is 3.64. The minimum atomic E-state index is 0.411. The van der Waals surface area contributed by atoms with E-state index < -0.39 is 0 Å². The van der Waals surface area contributed by atoms with Crippen LogP contribution in [0.15, 0.2) is 24.4 Å². The van der Waals surface area contributed by atoms with Gasteiger partial charge in [-0.1, -0.05) is 26.2 Å². The molecule has 2 atom stereocenters. The van der Waals surface area contributed by atoms with Crippen molar-refractivity contribution >= 4 is 28.6 Å². The van der Waals surface area contributed by atoms with Crippen LogP contribution in [0.2, 0.25) is 0 Å². The number of rotatable bonds is 4. The van der Waals surface area contributed by atoms with E-state index in [1.165, 1.54) is 19.3 Å². The number of nitrogens with one attached hydrogen (secondary N) is 3. The molecule has 3 aromatic rings. The molecular weight excluding hydrogens is 326 g/mol. The summed E-state index contributed by atoms with van der Waals surface area (Å²) in [6.07, 6.45) is 7.95. The third kappa shape index (κ3) is 3.76. The highest BCUT2D eigenvalue weighted by molar-refractivity contribution is 5.89. The molecule has 1 fully saturated rings. The summed E-state index contributed by atoms with van der Waals surface area (Å²) >= 11 is 0. The Morgan fingerprint density at radius 2 is 2.08 bits per heavy atom. The maximum Gasteiger partial charge on any atom is 0.226 e. The molecule has 1 aliphatic rings. The van der Waals surface area contributed by atoms with Crippen molar-refractivity contribution in [3.8, 4) is 0 Å². The highest BCUT2D eigenvalue weighted by atomic mass is 15.2. The van der Waals surface area contributed by atoms with Gasteiger partial charge in [0.1, 0.15) is 5.82 Å². The summed E-state index contributed by atoms with van der Waals surface area (Å²) in [4.78, 5) is 13.8. The molecule has 0 aromatic carbocycles. The Balaban J connectivity index is 1.64. The minimum absolute atomic E-state index is 0.411. The van der Waals surface area contributed by atoms with E-state index in [2.05, 4.69) is 37.7 Å². The summed E-state index contributed by atoms with van der Waals surface area (Å²) in [7, 11) is 0. The van der Waals surface area contributed by atoms with Gasteiger partial charge in [-0.05, 0) is 37.8 Å². The van der Waals surface area contributed by atoms with Crippen molar-refractivity contribution in [1.82, 2.24) is 25.1 Å². The van der Waals surface area contributed by atoms with E-state index in [1.807, 2.05) is 25.1 Å². The molecule has 7 heteroatoms. The Morgan fingerprint density at radius 3 is 2.92 bits per heavy atom. The van der Waals surface area contributed by atoms with Gasteiger partial charge in [-0.25, -0.2) is 4.98 Å². The van der Waals surface area contributed by atoms with Crippen molar-refractivity contribution in [2.45, 2.75) is 52.0 Å². The SMILES string of the molecule is Cc1cc(Nc2nc(N[C@H]3CCCC[C@@H](C)C3)nc3ncccc23)n[nH]1. The highest BCUT2D eigenvalue weighted by Gasteiger charge is 2.19. The number of nitrogens with zero attached hydrogens (tertiary/aromatic N) is 4. The van der Waals surface area contributed by atoms with Crippen molar-refractivity contribution in [2.75, 3.05) is 10.6 Å². The minimum Gasteiger partial charge on any atom is -0.351 e. The van der Waals surface area contributed by atoms with E-state index in [9.17, 15) is 0 Å². The number of anilines is 3. The van der Waals surface area contributed by atoms with Gasteiger partial charge in [0.2, 0.25) is 5.95 Å². The first kappa shape index (κ1) is 16.8. The van der Waals surface area contributed by atoms with Gasteiger partial charge in [0.15, 0.2) is 11.5 Å². The molecule has 0 bridgehead atoms. The molecule has 26 heavy (non-hydrogen) atoms. The van der Waals surface area contributed by atoms with Crippen molar-refractivity contribution in [2.24, 2.45) is 5.92 Å². The number of aryl methyl sites for hydroxylation is 1. The molecule has 1 aliphatic carbocycles. The maximum absolute atomic E-state index is 4.73. The molecule has 0 aliphatic heterocycles. The van der Waals surface area contributed by atoms with Gasteiger partial charge in [-0.3, -0.25) is 5.10 Å². The lowest BCUT2D eigenvalue weighted by Gasteiger charge is -2.19. The predicted octanol–water partition coefficient (Wildman–Crippen LogP) is 4.18. The second-order valence-electron chi connectivity index (χ2n) is 7.30. The molecule has 0 spiro atoms. The van der Waals surface area contributed by atoms with Crippen LogP contribution in [0.25, 0.3) is 11.0 Å². The van der Waals surface area contributed by atoms with Crippen LogP contribution in [0.3, 0.4) is 0 Å². The third-order valence-electron chi connectivity index (χ3n) is 4.94. The van der Waals surface area contributed by atoms with Crippen LogP contribution in [-0.2, 0) is 0 Å². The van der Waals surface area contributed by atoms with Gasteiger partial charge >= 0.3 is 0 Å². The van der Waals surface area contributed by atoms with Crippen LogP contribution in [0.4, 0.5) is 17.6 Å². The summed E-state index contributed by atoms with van der Waals surface area (Å²) < 4.78 is 0. The molecule has 0 saturated heterocycles. The standard InChI is InChI=1S/C19H25N7/c1-12-6-3-4-7-14(10-12)21-19-23-17-15(8-5-9-20-17)18(24-19)22-16-11-13(2)25-26-16/h5,8-9,11-12,14H,3-4,6-7,10H2,1-2H3,(H3,20,21,22,23,24,25,26)/t12-,14+/m1/s1. The predicted molar refractivity (Wildman–Crippen MR) is 104 cm³/mol. The molecule has 7 nitrogen and oxygen atoms in total. The smallest absolute Gasteiger partial charge is 0.226 e. The molecule has 0 amide bonds. The Hall–Kier alpha value is -2.70. The monoisotopic (exact) mass is 351 g/mol. The van der Waals surface area contributed by atoms with E-state index in [1.54, 1.807) is 6.20 Å². The molecule has 0 unspecified atom stereocenters. The van der Waals surface area contributed by atoms with Crippen LogP contribution in [-0.4, -0.2) is 31.2 Å². The molecule has 4 rings (SSSR count). The first-order chi connectivity index (χ1) is 12.7. The number of pyridine rings is 1. The largest absolute Gasteiger partial charge is 0.351 e. The second kappa shape index (κ2) is 7.27. The summed E-state index contributed by atoms with van der Waals surface area (Å²) in [6, 6.07) is 6.23. The Morgan fingerprint density at radius 1 is 1.19 bits per heavy atom. The molecule has 136 valence electrons. The van der Waals surface area contributed by atoms with Gasteiger partial charge in [0.05, 0.1) is 5.39 Å². The first-order valence-electron chi connectivity index (χ1n) is 9.36. The fourth-order valence-electron chi connectivity index (χ4n) is 3.64. The lowest BCUT2D eigenvalue weighted by molar-refractivity contribution is 0.482. The normalized spacial score (nSPS) is 20.7. The zero-order valence-corrected chi connectivity index (χ0v) is 15.3. The summed E-state index contributed by atoms with van der Waals surface area (Å²) in [5, 5.41) is 14.9. The average Bonchev–Trinajstić information content (AvgIpc) is 2.92. The van der Waals surface area contributed by atoms with Crippen molar-refractivity contribution in [3.63, 3.8) is 0 Å². The van der Waals surface area contributed by atoms with E-state index in [0.717, 1.165) is 41.5 Å². The molecule has 3 N–H and O–H groups in total. The Labute approximate surface area is 153 Å². The first-order valence-corrected chi connectivity index (χ1v) is 9.36. The quantitative estimate of drug-likeness (QED) is 0.611. The van der Waals surface area contributed by atoms with E-state index in [-0.39, 0.29) is 0 Å². The van der Waals surface area contributed by atoms with Crippen molar-refractivity contribution in [3.05, 3.63) is 30.1 Å². The maximum atomic E-state index is 4.73. The van der Waals surface area contributed by atoms with Crippen LogP contribution >= 0.6 is 0 Å². The lowest BCUT2D eigenvalue weighted by Crippen LogP contribution is -2.22. The molecule has 1 saturated carbocycles. The van der Waals surface area contributed by atoms with Crippen molar-refractivity contribution in [1.29, 1.82) is 0 Å². The van der Waals surface area contributed by atoms with E-state index >= 15 is 0 Å². The second-order valence-corrected chi connectivity index (χ2v) is 7.30. The molecule has 3 aromatic heterocycles. The number of H-pyrrole nitrogens is 1. The number of fused-ring (bicyclic) bond motifs is 1. The molecule has 3 heterocycles. The van der Waals surface area contributed by atoms with Gasteiger partial charge in [-0.2, -0.15) is 15.1 Å². The van der Waals surface area contributed by atoms with Crippen LogP contribution in [0, 0.1) is 12.8 Å². The third-order valence-corrected chi connectivity index (χ3v) is 4.94. The van der Waals surface area contributed by atoms with Crippen molar-refractivity contribution < 1.29 is 0 Å². The van der Waals surface area contributed by atoms with Crippen LogP contribution in [0.1, 0.15) is 44.7 Å². The average molecular weight is 351 g/mol. The Kier molecular flexibility index (Phi) is 4.69. The zero-order valence-electron chi connectivity index (χ0n) is 15.3. The number of aromatic amines is 1. The molecule has 0 radical (unpaired) electrons. The topological polar surface area (TPSA) is 91.4 Å². The Bertz CT molecular complexity index is 888. The van der Waals surface area contributed by atoms with Gasteiger partial charge in [-0.15, -0.1) is 0 Å². The van der Waals surface area contributed by atoms with E-state index in [4.69, 9.17) is 4.98 Å². The van der Waals surface area contributed by atoms with E-state index in [0.29, 0.717) is 17.6 Å². The summed E-state index contributed by atoms with van der Waals surface area (Å²) in [6.45, 7) is 4.30. The lowest BCUT2D eigenvalue weighted by atomic mass is 10.0. The number of hydrogen-bond acceptors (Lipinski definition) is 6. The highest BCUT2D eigenvalue weighted by Crippen LogP contribution is 2.27. The van der Waals surface area contributed by atoms with Crippen LogP contribution < -0.4 is 10.6 Å². The fraction of sp³-hybridized carbons (Fsp3) is 0.474. The van der Waals surface area contributed by atoms with Gasteiger partial charge < -0.3 is 10.6 Å². The zero-order chi connectivity index (χ0) is 17.9. The van der Waals surface area contributed by atoms with Gasteiger partial charge in [0.25, 0.3) is 0 Å². The van der Waals surface area contributed by atoms with Gasteiger partial charge in [0, 0.05) is 24.0 Å². The number of aromatic nitrogens is 5.